The van der Waals surface area contributed by atoms with Gasteiger partial charge in [0.2, 0.25) is 15.8 Å². The van der Waals surface area contributed by atoms with Crippen LogP contribution < -0.4 is 9.46 Å². The Morgan fingerprint density at radius 1 is 1.00 bits per heavy atom. The van der Waals surface area contributed by atoms with Gasteiger partial charge >= 0.3 is 5.69 Å². The molecule has 1 heterocycles. The van der Waals surface area contributed by atoms with Crippen LogP contribution in [0.25, 0.3) is 10.9 Å². The van der Waals surface area contributed by atoms with Gasteiger partial charge in [-0.1, -0.05) is 0 Å². The van der Waals surface area contributed by atoms with E-state index in [-0.39, 0.29) is 33.0 Å². The summed E-state index contributed by atoms with van der Waals surface area (Å²) in [6, 6.07) is 8.61. The number of benzene rings is 2. The van der Waals surface area contributed by atoms with E-state index in [9.17, 15) is 28.6 Å². The van der Waals surface area contributed by atoms with Crippen LogP contribution in [-0.4, -0.2) is 30.3 Å². The molecule has 2 aromatic carbocycles. The Labute approximate surface area is 157 Å². The fourth-order valence-corrected chi connectivity index (χ4v) is 3.25. The van der Waals surface area contributed by atoms with E-state index < -0.39 is 25.6 Å². The minimum Gasteiger partial charge on any atom is -0.448 e. The first-order valence-corrected chi connectivity index (χ1v) is 9.15. The van der Waals surface area contributed by atoms with E-state index >= 15 is 0 Å². The fraction of sp³-hybridized carbons (Fsp3) is 0.0625. The number of ether oxygens (including phenoxy) is 1. The molecule has 0 radical (unpaired) electrons. The van der Waals surface area contributed by atoms with Crippen LogP contribution in [0.3, 0.4) is 0 Å². The Morgan fingerprint density at radius 3 is 2.32 bits per heavy atom. The van der Waals surface area contributed by atoms with Gasteiger partial charge in [0.1, 0.15) is 5.52 Å². The number of nitro benzene ring substituents is 2. The van der Waals surface area contributed by atoms with Gasteiger partial charge in [0.05, 0.1) is 20.1 Å². The summed E-state index contributed by atoms with van der Waals surface area (Å²) >= 11 is 0. The lowest BCUT2D eigenvalue weighted by atomic mass is 10.1. The summed E-state index contributed by atoms with van der Waals surface area (Å²) in [5, 5.41) is 22.8. The Morgan fingerprint density at radius 2 is 1.68 bits per heavy atom. The standard InChI is InChI=1S/C16H12N4O7S/c1-17-28(25,26)10-4-6-14(13(9-10)20(23)24)27-15-7-5-12(19(21)22)11-3-2-8-18-16(11)15/h2-9,17H,1H3. The van der Waals surface area contributed by atoms with Crippen molar-refractivity contribution in [3.63, 3.8) is 0 Å². The van der Waals surface area contributed by atoms with Crippen LogP contribution in [0.5, 0.6) is 11.5 Å². The molecule has 1 aromatic heterocycles. The van der Waals surface area contributed by atoms with Gasteiger partial charge in [0.15, 0.2) is 5.75 Å². The summed E-state index contributed by atoms with van der Waals surface area (Å²) in [5.41, 5.74) is -0.642. The quantitative estimate of drug-likeness (QED) is 0.486. The maximum absolute atomic E-state index is 11.9. The zero-order valence-electron chi connectivity index (χ0n) is 14.2. The maximum atomic E-state index is 11.9. The van der Waals surface area contributed by atoms with Crippen LogP contribution in [-0.2, 0) is 10.0 Å². The van der Waals surface area contributed by atoms with Gasteiger partial charge in [0, 0.05) is 18.3 Å². The number of nitrogens with one attached hydrogen (secondary N) is 1. The van der Waals surface area contributed by atoms with E-state index in [4.69, 9.17) is 4.74 Å². The molecule has 0 atom stereocenters. The summed E-state index contributed by atoms with van der Waals surface area (Å²) in [4.78, 5) is 25.0. The van der Waals surface area contributed by atoms with Crippen LogP contribution >= 0.6 is 0 Å². The van der Waals surface area contributed by atoms with E-state index in [1.165, 1.54) is 37.5 Å². The van der Waals surface area contributed by atoms with Crippen molar-refractivity contribution >= 4 is 32.3 Å². The predicted molar refractivity (Wildman–Crippen MR) is 97.8 cm³/mol. The summed E-state index contributed by atoms with van der Waals surface area (Å²) in [6.45, 7) is 0. The Hall–Kier alpha value is -3.64. The smallest absolute Gasteiger partial charge is 0.312 e. The van der Waals surface area contributed by atoms with Crippen molar-refractivity contribution < 1.29 is 23.0 Å². The highest BCUT2D eigenvalue weighted by molar-refractivity contribution is 7.89. The van der Waals surface area contributed by atoms with Crippen LogP contribution in [0.4, 0.5) is 11.4 Å². The second-order valence-corrected chi connectivity index (χ2v) is 7.32. The van der Waals surface area contributed by atoms with Crippen LogP contribution in [0, 0.1) is 20.2 Å². The molecule has 28 heavy (non-hydrogen) atoms. The van der Waals surface area contributed by atoms with Crippen molar-refractivity contribution in [2.24, 2.45) is 0 Å². The maximum Gasteiger partial charge on any atom is 0.312 e. The third-order valence-electron chi connectivity index (χ3n) is 3.83. The third kappa shape index (κ3) is 3.45. The first-order valence-electron chi connectivity index (χ1n) is 7.66. The zero-order valence-corrected chi connectivity index (χ0v) is 15.0. The first kappa shape index (κ1) is 19.1. The van der Waals surface area contributed by atoms with Crippen LogP contribution in [0.15, 0.2) is 53.6 Å². The van der Waals surface area contributed by atoms with E-state index in [1.807, 2.05) is 0 Å². The molecule has 3 rings (SSSR count). The van der Waals surface area contributed by atoms with Gasteiger partial charge < -0.3 is 4.74 Å². The first-order chi connectivity index (χ1) is 13.2. The number of aromatic nitrogens is 1. The molecule has 0 aliphatic heterocycles. The molecule has 0 saturated heterocycles. The highest BCUT2D eigenvalue weighted by atomic mass is 32.2. The van der Waals surface area contributed by atoms with E-state index in [0.29, 0.717) is 0 Å². The zero-order chi connectivity index (χ0) is 20.5. The molecule has 0 bridgehead atoms. The molecule has 11 nitrogen and oxygen atoms in total. The number of nitro groups is 2. The number of pyridine rings is 1. The molecule has 0 aliphatic rings. The van der Waals surface area contributed by atoms with Gasteiger partial charge in [0.25, 0.3) is 5.69 Å². The van der Waals surface area contributed by atoms with Crippen molar-refractivity contribution in [1.29, 1.82) is 0 Å². The highest BCUT2D eigenvalue weighted by Gasteiger charge is 2.23. The average molecular weight is 404 g/mol. The Kier molecular flexibility index (Phi) is 4.90. The predicted octanol–water partition coefficient (Wildman–Crippen LogP) is 2.75. The van der Waals surface area contributed by atoms with E-state index in [1.54, 1.807) is 0 Å². The van der Waals surface area contributed by atoms with Crippen LogP contribution in [0.2, 0.25) is 0 Å². The summed E-state index contributed by atoms with van der Waals surface area (Å²) in [5.74, 6) is -0.186. The van der Waals surface area contributed by atoms with Crippen molar-refractivity contribution in [1.82, 2.24) is 9.71 Å². The van der Waals surface area contributed by atoms with Gasteiger partial charge in [-0.25, -0.2) is 13.1 Å². The molecule has 144 valence electrons. The lowest BCUT2D eigenvalue weighted by molar-refractivity contribution is -0.385. The normalized spacial score (nSPS) is 11.3. The number of non-ortho nitro benzene ring substituents is 1. The fourth-order valence-electron chi connectivity index (χ4n) is 2.50. The molecule has 0 aliphatic carbocycles. The lowest BCUT2D eigenvalue weighted by Gasteiger charge is -2.10. The molecule has 12 heteroatoms. The molecule has 0 spiro atoms. The minimum absolute atomic E-state index is 0.0496. The summed E-state index contributed by atoms with van der Waals surface area (Å²) in [6.07, 6.45) is 1.40. The van der Waals surface area contributed by atoms with Crippen LogP contribution in [0.1, 0.15) is 0 Å². The SMILES string of the molecule is CNS(=O)(=O)c1ccc(Oc2ccc([N+](=O)[O-])c3cccnc23)c([N+](=O)[O-])c1. The summed E-state index contributed by atoms with van der Waals surface area (Å²) < 4.78 is 31.4. The van der Waals surface area contributed by atoms with Gasteiger partial charge in [-0.2, -0.15) is 0 Å². The van der Waals surface area contributed by atoms with E-state index in [0.717, 1.165) is 18.2 Å². The number of hydrogen-bond acceptors (Lipinski definition) is 8. The highest BCUT2D eigenvalue weighted by Crippen LogP contribution is 2.38. The van der Waals surface area contributed by atoms with E-state index in [2.05, 4.69) is 9.71 Å². The average Bonchev–Trinajstić information content (AvgIpc) is 2.68. The number of fused-ring (bicyclic) bond motifs is 1. The largest absolute Gasteiger partial charge is 0.448 e. The Bertz CT molecular complexity index is 1210. The monoisotopic (exact) mass is 404 g/mol. The molecule has 0 unspecified atom stereocenters. The van der Waals surface area contributed by atoms with Gasteiger partial charge in [-0.15, -0.1) is 0 Å². The topological polar surface area (TPSA) is 155 Å². The van der Waals surface area contributed by atoms with Gasteiger partial charge in [-0.3, -0.25) is 25.2 Å². The molecule has 0 fully saturated rings. The number of hydrogen-bond donors (Lipinski definition) is 1. The molecular formula is C16H12N4O7S. The second-order valence-electron chi connectivity index (χ2n) is 5.44. The molecule has 0 amide bonds. The second kappa shape index (κ2) is 7.17. The van der Waals surface area contributed by atoms with Crippen molar-refractivity contribution in [3.8, 4) is 11.5 Å². The number of nitrogens with zero attached hydrogens (tertiary/aromatic N) is 3. The van der Waals surface area contributed by atoms with Crippen molar-refractivity contribution in [2.45, 2.75) is 4.90 Å². The molecular weight excluding hydrogens is 392 g/mol. The number of rotatable bonds is 6. The Balaban J connectivity index is 2.13. The molecule has 3 aromatic rings. The lowest BCUT2D eigenvalue weighted by Crippen LogP contribution is -2.18. The molecule has 1 N–H and O–H groups in total. The van der Waals surface area contributed by atoms with Crippen molar-refractivity contribution in [3.05, 3.63) is 68.9 Å². The minimum atomic E-state index is -3.89. The van der Waals surface area contributed by atoms with Crippen molar-refractivity contribution in [2.75, 3.05) is 7.05 Å². The summed E-state index contributed by atoms with van der Waals surface area (Å²) in [7, 11) is -2.71. The molecule has 0 saturated carbocycles. The number of sulfonamides is 1. The van der Waals surface area contributed by atoms with Gasteiger partial charge in [-0.05, 0) is 37.4 Å². The third-order valence-corrected chi connectivity index (χ3v) is 5.24.